The first-order valence-electron chi connectivity index (χ1n) is 7.46. The highest BCUT2D eigenvalue weighted by molar-refractivity contribution is 5.16. The van der Waals surface area contributed by atoms with Crippen LogP contribution in [-0.4, -0.2) is 21.3 Å². The Bertz CT molecular complexity index is 528. The molecule has 0 aromatic carbocycles. The number of nitrogens with zero attached hydrogens (tertiary/aromatic N) is 3. The van der Waals surface area contributed by atoms with Gasteiger partial charge in [-0.05, 0) is 37.1 Å². The van der Waals surface area contributed by atoms with Crippen molar-refractivity contribution in [3.05, 3.63) is 47.0 Å². The second-order valence-corrected chi connectivity index (χ2v) is 4.93. The molecule has 0 saturated carbocycles. The molecular weight excluding hydrogens is 248 g/mol. The predicted octanol–water partition coefficient (Wildman–Crippen LogP) is 2.56. The van der Waals surface area contributed by atoms with Crippen LogP contribution in [0, 0.1) is 0 Å². The number of aryl methyl sites for hydroxylation is 2. The Balaban J connectivity index is 2.07. The van der Waals surface area contributed by atoms with E-state index in [1.165, 1.54) is 11.3 Å². The lowest BCUT2D eigenvalue weighted by molar-refractivity contribution is 0.628. The topological polar surface area (TPSA) is 42.7 Å². The second kappa shape index (κ2) is 7.20. The zero-order chi connectivity index (χ0) is 14.4. The van der Waals surface area contributed by atoms with Gasteiger partial charge in [-0.3, -0.25) is 9.67 Å². The summed E-state index contributed by atoms with van der Waals surface area (Å²) in [7, 11) is 0. The zero-order valence-electron chi connectivity index (χ0n) is 12.7. The fourth-order valence-corrected chi connectivity index (χ4v) is 2.19. The van der Waals surface area contributed by atoms with Gasteiger partial charge in [-0.1, -0.05) is 26.8 Å². The molecule has 0 unspecified atom stereocenters. The van der Waals surface area contributed by atoms with Gasteiger partial charge in [-0.15, -0.1) is 0 Å². The van der Waals surface area contributed by atoms with E-state index >= 15 is 0 Å². The molecule has 0 spiro atoms. The third-order valence-corrected chi connectivity index (χ3v) is 3.42. The van der Waals surface area contributed by atoms with Crippen LogP contribution in [0.4, 0.5) is 0 Å². The lowest BCUT2D eigenvalue weighted by Crippen LogP contribution is -2.12. The van der Waals surface area contributed by atoms with Gasteiger partial charge >= 0.3 is 0 Å². The molecule has 0 fully saturated rings. The number of pyridine rings is 1. The first-order valence-corrected chi connectivity index (χ1v) is 7.46. The summed E-state index contributed by atoms with van der Waals surface area (Å²) in [6.45, 7) is 9.03. The van der Waals surface area contributed by atoms with Crippen LogP contribution in [0.2, 0.25) is 0 Å². The van der Waals surface area contributed by atoms with Crippen molar-refractivity contribution in [2.24, 2.45) is 0 Å². The Morgan fingerprint density at radius 1 is 1.10 bits per heavy atom. The molecule has 0 aliphatic heterocycles. The Morgan fingerprint density at radius 3 is 2.55 bits per heavy atom. The molecule has 0 saturated heterocycles. The molecule has 0 atom stereocenters. The monoisotopic (exact) mass is 272 g/mol. The molecule has 4 heteroatoms. The third-order valence-electron chi connectivity index (χ3n) is 3.42. The van der Waals surface area contributed by atoms with Crippen LogP contribution in [-0.2, 0) is 25.9 Å². The Kier molecular flexibility index (Phi) is 5.30. The zero-order valence-corrected chi connectivity index (χ0v) is 12.7. The number of rotatable bonds is 7. The summed E-state index contributed by atoms with van der Waals surface area (Å²) >= 11 is 0. The van der Waals surface area contributed by atoms with Gasteiger partial charge in [0.1, 0.15) is 0 Å². The standard InChI is InChI=1S/C16H24N4/c1-4-14-9-16(5-2)20(19-14)12-15-8-7-13(11-18-15)10-17-6-3/h7-9,11,17H,4-6,10,12H2,1-3H3. The van der Waals surface area contributed by atoms with Crippen LogP contribution in [0.15, 0.2) is 24.4 Å². The highest BCUT2D eigenvalue weighted by atomic mass is 15.3. The molecule has 0 amide bonds. The van der Waals surface area contributed by atoms with Crippen LogP contribution in [0.25, 0.3) is 0 Å². The fourth-order valence-electron chi connectivity index (χ4n) is 2.19. The number of nitrogens with one attached hydrogen (secondary N) is 1. The molecule has 0 aliphatic rings. The van der Waals surface area contributed by atoms with Crippen molar-refractivity contribution >= 4 is 0 Å². The van der Waals surface area contributed by atoms with Crippen LogP contribution >= 0.6 is 0 Å². The molecular formula is C16H24N4. The molecule has 0 radical (unpaired) electrons. The number of hydrogen-bond acceptors (Lipinski definition) is 3. The molecule has 2 aromatic heterocycles. The summed E-state index contributed by atoms with van der Waals surface area (Å²) in [4.78, 5) is 4.54. The van der Waals surface area contributed by atoms with E-state index in [1.54, 1.807) is 0 Å². The fraction of sp³-hybridized carbons (Fsp3) is 0.500. The first kappa shape index (κ1) is 14.7. The number of aromatic nitrogens is 3. The van der Waals surface area contributed by atoms with E-state index in [1.807, 2.05) is 6.20 Å². The van der Waals surface area contributed by atoms with Crippen molar-refractivity contribution in [1.29, 1.82) is 0 Å². The van der Waals surface area contributed by atoms with Gasteiger partial charge in [-0.25, -0.2) is 0 Å². The Labute approximate surface area is 121 Å². The van der Waals surface area contributed by atoms with Crippen molar-refractivity contribution in [2.75, 3.05) is 6.54 Å². The van der Waals surface area contributed by atoms with Crippen molar-refractivity contribution in [2.45, 2.75) is 46.7 Å². The summed E-state index contributed by atoms with van der Waals surface area (Å²) in [6.07, 6.45) is 3.94. The molecule has 4 nitrogen and oxygen atoms in total. The van der Waals surface area contributed by atoms with Gasteiger partial charge in [0.2, 0.25) is 0 Å². The van der Waals surface area contributed by atoms with Gasteiger partial charge in [0.25, 0.3) is 0 Å². The van der Waals surface area contributed by atoms with E-state index in [9.17, 15) is 0 Å². The quantitative estimate of drug-likeness (QED) is 0.842. The molecule has 1 N–H and O–H groups in total. The SMILES string of the molecule is CCNCc1ccc(Cn2nc(CC)cc2CC)nc1. The average Bonchev–Trinajstić information content (AvgIpc) is 2.88. The normalized spacial score (nSPS) is 10.9. The van der Waals surface area contributed by atoms with Crippen molar-refractivity contribution in [3.8, 4) is 0 Å². The smallest absolute Gasteiger partial charge is 0.0834 e. The maximum atomic E-state index is 4.63. The third kappa shape index (κ3) is 3.67. The molecule has 0 bridgehead atoms. The molecule has 2 heterocycles. The van der Waals surface area contributed by atoms with E-state index in [2.05, 4.69) is 59.1 Å². The lowest BCUT2D eigenvalue weighted by Gasteiger charge is -2.07. The van der Waals surface area contributed by atoms with E-state index in [0.717, 1.165) is 43.9 Å². The van der Waals surface area contributed by atoms with Crippen molar-refractivity contribution < 1.29 is 0 Å². The van der Waals surface area contributed by atoms with E-state index in [0.29, 0.717) is 0 Å². The van der Waals surface area contributed by atoms with Crippen molar-refractivity contribution in [1.82, 2.24) is 20.1 Å². The van der Waals surface area contributed by atoms with Crippen LogP contribution < -0.4 is 5.32 Å². The van der Waals surface area contributed by atoms with Crippen LogP contribution in [0.5, 0.6) is 0 Å². The second-order valence-electron chi connectivity index (χ2n) is 4.93. The minimum atomic E-state index is 0.755. The van der Waals surface area contributed by atoms with Crippen LogP contribution in [0.3, 0.4) is 0 Å². The molecule has 20 heavy (non-hydrogen) atoms. The van der Waals surface area contributed by atoms with E-state index in [4.69, 9.17) is 0 Å². The molecule has 0 aliphatic carbocycles. The van der Waals surface area contributed by atoms with Crippen molar-refractivity contribution in [3.63, 3.8) is 0 Å². The van der Waals surface area contributed by atoms with Gasteiger partial charge in [0, 0.05) is 18.4 Å². The highest BCUT2D eigenvalue weighted by Gasteiger charge is 2.06. The summed E-state index contributed by atoms with van der Waals surface area (Å²) in [5, 5.41) is 7.94. The molecule has 108 valence electrons. The summed E-state index contributed by atoms with van der Waals surface area (Å²) < 4.78 is 2.07. The minimum Gasteiger partial charge on any atom is -0.313 e. The molecule has 2 rings (SSSR count). The van der Waals surface area contributed by atoms with E-state index in [-0.39, 0.29) is 0 Å². The Hall–Kier alpha value is -1.68. The van der Waals surface area contributed by atoms with Crippen LogP contribution in [0.1, 0.15) is 43.4 Å². The summed E-state index contributed by atoms with van der Waals surface area (Å²) in [5.74, 6) is 0. The average molecular weight is 272 g/mol. The highest BCUT2D eigenvalue weighted by Crippen LogP contribution is 2.09. The maximum absolute atomic E-state index is 4.63. The largest absolute Gasteiger partial charge is 0.313 e. The predicted molar refractivity (Wildman–Crippen MR) is 81.7 cm³/mol. The first-order chi connectivity index (χ1) is 9.76. The maximum Gasteiger partial charge on any atom is 0.0834 e. The lowest BCUT2D eigenvalue weighted by atomic mass is 10.2. The van der Waals surface area contributed by atoms with Gasteiger partial charge < -0.3 is 5.32 Å². The summed E-state index contributed by atoms with van der Waals surface area (Å²) in [6, 6.07) is 6.43. The minimum absolute atomic E-state index is 0.755. The Morgan fingerprint density at radius 2 is 1.95 bits per heavy atom. The summed E-state index contributed by atoms with van der Waals surface area (Å²) in [5.41, 5.74) is 4.72. The van der Waals surface area contributed by atoms with Gasteiger partial charge in [0.05, 0.1) is 17.9 Å². The molecule has 2 aromatic rings. The van der Waals surface area contributed by atoms with Gasteiger partial charge in [-0.2, -0.15) is 5.10 Å². The van der Waals surface area contributed by atoms with E-state index < -0.39 is 0 Å². The van der Waals surface area contributed by atoms with Gasteiger partial charge in [0.15, 0.2) is 0 Å². The number of hydrogen-bond donors (Lipinski definition) is 1.